The molecule has 1 aromatic carbocycles. The molecular formula is C16H20N4O2S. The van der Waals surface area contributed by atoms with E-state index in [0.29, 0.717) is 18.2 Å². The molecule has 0 atom stereocenters. The van der Waals surface area contributed by atoms with Crippen LogP contribution in [0.5, 0.6) is 5.75 Å². The zero-order valence-corrected chi connectivity index (χ0v) is 13.8. The molecule has 1 fully saturated rings. The lowest BCUT2D eigenvalue weighted by molar-refractivity contribution is 0.300. The molecule has 1 aromatic heterocycles. The fraction of sp³-hybridized carbons (Fsp3) is 0.375. The molecule has 1 aliphatic rings. The van der Waals surface area contributed by atoms with Gasteiger partial charge in [-0.25, -0.2) is 0 Å². The third-order valence-corrected chi connectivity index (χ3v) is 4.27. The van der Waals surface area contributed by atoms with E-state index in [4.69, 9.17) is 15.9 Å². The number of rotatable bonds is 5. The van der Waals surface area contributed by atoms with E-state index in [9.17, 15) is 4.79 Å². The van der Waals surface area contributed by atoms with Crippen LogP contribution in [0.25, 0.3) is 11.3 Å². The number of ether oxygens (including phenoxy) is 1. The van der Waals surface area contributed by atoms with Gasteiger partial charge < -0.3 is 19.6 Å². The number of nitrogens with one attached hydrogen (secondary N) is 1. The lowest BCUT2D eigenvalue weighted by atomic mass is 10.1. The van der Waals surface area contributed by atoms with Crippen molar-refractivity contribution in [3.05, 3.63) is 40.2 Å². The average Bonchev–Trinajstić information content (AvgIpc) is 3.35. The molecule has 1 heterocycles. The Kier molecular flexibility index (Phi) is 4.32. The highest BCUT2D eigenvalue weighted by Gasteiger charge is 2.23. The van der Waals surface area contributed by atoms with Crippen molar-refractivity contribution in [3.8, 4) is 17.0 Å². The Bertz CT molecular complexity index is 852. The smallest absolute Gasteiger partial charge is 0.293 e. The molecule has 0 aliphatic heterocycles. The number of thiol groups is 1. The van der Waals surface area contributed by atoms with E-state index in [1.54, 1.807) is 13.2 Å². The van der Waals surface area contributed by atoms with Crippen LogP contribution >= 0.6 is 12.6 Å². The van der Waals surface area contributed by atoms with Crippen LogP contribution < -0.4 is 21.5 Å². The van der Waals surface area contributed by atoms with Crippen molar-refractivity contribution >= 4 is 12.6 Å². The van der Waals surface area contributed by atoms with E-state index in [2.05, 4.69) is 12.6 Å². The molecule has 7 heteroatoms. The second kappa shape index (κ2) is 6.25. The maximum atomic E-state index is 12.0. The van der Waals surface area contributed by atoms with Crippen LogP contribution in [0.15, 0.2) is 34.1 Å². The Morgan fingerprint density at radius 3 is 2.83 bits per heavy atom. The number of nitrogens with two attached hydrogens (primary N) is 1. The van der Waals surface area contributed by atoms with E-state index >= 15 is 0 Å². The molecule has 0 spiro atoms. The van der Waals surface area contributed by atoms with Gasteiger partial charge in [-0.2, -0.15) is 0 Å². The molecule has 0 amide bonds. The lowest BCUT2D eigenvalue weighted by Crippen LogP contribution is -2.42. The summed E-state index contributed by atoms with van der Waals surface area (Å²) in [6.45, 7) is 0.726. The van der Waals surface area contributed by atoms with Gasteiger partial charge in [-0.1, -0.05) is 0 Å². The highest BCUT2D eigenvalue weighted by atomic mass is 32.1. The first-order valence-corrected chi connectivity index (χ1v) is 7.97. The Morgan fingerprint density at radius 1 is 1.43 bits per heavy atom. The normalized spacial score (nSPS) is 14.0. The summed E-state index contributed by atoms with van der Waals surface area (Å²) in [6.07, 6.45) is 4.10. The van der Waals surface area contributed by atoms with Crippen LogP contribution in [0.1, 0.15) is 12.8 Å². The molecule has 6 nitrogen and oxygen atoms in total. The van der Waals surface area contributed by atoms with Crippen molar-refractivity contribution in [1.29, 1.82) is 5.41 Å². The van der Waals surface area contributed by atoms with E-state index in [1.165, 1.54) is 22.0 Å². The highest BCUT2D eigenvalue weighted by molar-refractivity contribution is 7.80. The predicted octanol–water partition coefficient (Wildman–Crippen LogP) is 1.33. The maximum Gasteiger partial charge on any atom is 0.293 e. The molecule has 3 rings (SSSR count). The summed E-state index contributed by atoms with van der Waals surface area (Å²) < 4.78 is 8.81. The van der Waals surface area contributed by atoms with Crippen LogP contribution in [0.4, 0.5) is 0 Å². The SMILES string of the molecule is Cn1cc(-c2cc(S)ccc2OCC2CC2)n(CN)c(=N)c1=O. The van der Waals surface area contributed by atoms with Crippen LogP contribution in [0, 0.1) is 11.3 Å². The van der Waals surface area contributed by atoms with Gasteiger partial charge in [0, 0.05) is 23.7 Å². The number of nitrogens with zero attached hydrogens (tertiary/aromatic N) is 2. The van der Waals surface area contributed by atoms with Gasteiger partial charge in [0.25, 0.3) is 5.56 Å². The standard InChI is InChI=1S/C16H20N4O2S/c1-19-7-13(20(9-17)15(18)16(19)21)12-6-11(23)4-5-14(12)22-8-10-2-3-10/h4-7,10,18,23H,2-3,8-9,17H2,1H3. The third kappa shape index (κ3) is 3.20. The van der Waals surface area contributed by atoms with Crippen LogP contribution in [0.2, 0.25) is 0 Å². The number of hydrogen-bond donors (Lipinski definition) is 3. The van der Waals surface area contributed by atoms with Crippen molar-refractivity contribution in [2.75, 3.05) is 6.61 Å². The van der Waals surface area contributed by atoms with Crippen LogP contribution in [0.3, 0.4) is 0 Å². The molecule has 2 aromatic rings. The predicted molar refractivity (Wildman–Crippen MR) is 90.6 cm³/mol. The second-order valence-electron chi connectivity index (χ2n) is 5.82. The van der Waals surface area contributed by atoms with Crippen LogP contribution in [-0.4, -0.2) is 15.7 Å². The van der Waals surface area contributed by atoms with Gasteiger partial charge in [-0.3, -0.25) is 10.2 Å². The van der Waals surface area contributed by atoms with Crippen molar-refractivity contribution in [3.63, 3.8) is 0 Å². The number of aromatic nitrogens is 2. The Balaban J connectivity index is 2.15. The fourth-order valence-electron chi connectivity index (χ4n) is 2.46. The minimum Gasteiger partial charge on any atom is -0.493 e. The van der Waals surface area contributed by atoms with E-state index < -0.39 is 0 Å². The van der Waals surface area contributed by atoms with E-state index in [0.717, 1.165) is 16.2 Å². The fourth-order valence-corrected chi connectivity index (χ4v) is 2.66. The van der Waals surface area contributed by atoms with Gasteiger partial charge in [0.2, 0.25) is 0 Å². The summed E-state index contributed by atoms with van der Waals surface area (Å²) in [5.74, 6) is 1.35. The summed E-state index contributed by atoms with van der Waals surface area (Å²) in [7, 11) is 1.63. The third-order valence-electron chi connectivity index (χ3n) is 3.99. The second-order valence-corrected chi connectivity index (χ2v) is 6.34. The number of aryl methyl sites for hydroxylation is 1. The van der Waals surface area contributed by atoms with Crippen molar-refractivity contribution in [2.24, 2.45) is 18.7 Å². The van der Waals surface area contributed by atoms with Gasteiger partial charge in [0.1, 0.15) is 5.75 Å². The summed E-state index contributed by atoms with van der Waals surface area (Å²) in [5, 5.41) is 8.02. The number of hydrogen-bond acceptors (Lipinski definition) is 5. The van der Waals surface area contributed by atoms with Crippen molar-refractivity contribution < 1.29 is 4.74 Å². The molecular weight excluding hydrogens is 312 g/mol. The largest absolute Gasteiger partial charge is 0.493 e. The Morgan fingerprint density at radius 2 is 2.17 bits per heavy atom. The van der Waals surface area contributed by atoms with E-state index in [-0.39, 0.29) is 17.7 Å². The molecule has 23 heavy (non-hydrogen) atoms. The van der Waals surface area contributed by atoms with Gasteiger partial charge >= 0.3 is 0 Å². The zero-order chi connectivity index (χ0) is 16.6. The first kappa shape index (κ1) is 15.9. The summed E-state index contributed by atoms with van der Waals surface area (Å²) >= 11 is 4.40. The quantitative estimate of drug-likeness (QED) is 0.722. The molecule has 3 N–H and O–H groups in total. The highest BCUT2D eigenvalue weighted by Crippen LogP contribution is 2.34. The first-order valence-electron chi connectivity index (χ1n) is 7.52. The lowest BCUT2D eigenvalue weighted by Gasteiger charge is -2.17. The van der Waals surface area contributed by atoms with Gasteiger partial charge in [-0.05, 0) is 37.0 Å². The topological polar surface area (TPSA) is 86.0 Å². The minimum atomic E-state index is -0.387. The Labute approximate surface area is 139 Å². The van der Waals surface area contributed by atoms with E-state index in [1.807, 2.05) is 18.2 Å². The summed E-state index contributed by atoms with van der Waals surface area (Å²) in [6, 6.07) is 5.61. The minimum absolute atomic E-state index is 0.0448. The molecule has 122 valence electrons. The molecule has 0 unspecified atom stereocenters. The molecule has 0 radical (unpaired) electrons. The molecule has 0 saturated heterocycles. The maximum absolute atomic E-state index is 12.0. The summed E-state index contributed by atoms with van der Waals surface area (Å²) in [5.41, 5.74) is 6.68. The van der Waals surface area contributed by atoms with Gasteiger partial charge in [0.15, 0.2) is 5.49 Å². The first-order chi connectivity index (χ1) is 11.0. The van der Waals surface area contributed by atoms with Crippen molar-refractivity contribution in [1.82, 2.24) is 9.13 Å². The van der Waals surface area contributed by atoms with Crippen LogP contribution in [-0.2, 0) is 13.7 Å². The average molecular weight is 332 g/mol. The molecule has 1 saturated carbocycles. The van der Waals surface area contributed by atoms with Gasteiger partial charge in [0.05, 0.1) is 19.0 Å². The Hall–Kier alpha value is -1.99. The number of benzene rings is 1. The van der Waals surface area contributed by atoms with Crippen molar-refractivity contribution in [2.45, 2.75) is 24.4 Å². The van der Waals surface area contributed by atoms with Gasteiger partial charge in [-0.15, -0.1) is 12.6 Å². The monoisotopic (exact) mass is 332 g/mol. The zero-order valence-electron chi connectivity index (χ0n) is 13.0. The summed E-state index contributed by atoms with van der Waals surface area (Å²) in [4.78, 5) is 12.7. The molecule has 0 bridgehead atoms. The molecule has 1 aliphatic carbocycles.